The van der Waals surface area contributed by atoms with Gasteiger partial charge >= 0.3 is 0 Å². The molecule has 0 saturated carbocycles. The fraction of sp³-hybridized carbons (Fsp3) is 0.476. The average molecular weight is 380 g/mol. The Labute approximate surface area is 166 Å². The van der Waals surface area contributed by atoms with E-state index in [0.717, 1.165) is 45.0 Å². The van der Waals surface area contributed by atoms with Gasteiger partial charge in [0, 0.05) is 63.0 Å². The maximum Gasteiger partial charge on any atom is 0.258 e. The molecule has 0 aliphatic carbocycles. The summed E-state index contributed by atoms with van der Waals surface area (Å²) in [5.41, 5.74) is 2.48. The van der Waals surface area contributed by atoms with Crippen LogP contribution in [0.3, 0.4) is 0 Å². The number of amides is 1. The number of carbonyl (C=O) groups excluding carboxylic acids is 1. The number of benzene rings is 1. The van der Waals surface area contributed by atoms with Crippen LogP contribution in [-0.4, -0.2) is 67.1 Å². The number of aromatic nitrogens is 2. The lowest BCUT2D eigenvalue weighted by atomic mass is 10.1. The van der Waals surface area contributed by atoms with Crippen LogP contribution in [0.1, 0.15) is 29.6 Å². The van der Waals surface area contributed by atoms with Gasteiger partial charge in [0.2, 0.25) is 5.95 Å². The number of piperidine rings is 1. The molecule has 2 aliphatic rings. The van der Waals surface area contributed by atoms with Gasteiger partial charge < -0.3 is 20.0 Å². The van der Waals surface area contributed by atoms with Gasteiger partial charge in [0.05, 0.1) is 5.56 Å². The number of carbonyl (C=O) groups is 1. The highest BCUT2D eigenvalue weighted by Gasteiger charge is 2.17. The second-order valence-electron chi connectivity index (χ2n) is 7.61. The van der Waals surface area contributed by atoms with Gasteiger partial charge in [-0.3, -0.25) is 4.79 Å². The smallest absolute Gasteiger partial charge is 0.258 e. The van der Waals surface area contributed by atoms with E-state index >= 15 is 0 Å². The minimum atomic E-state index is -0.185. The molecule has 2 fully saturated rings. The van der Waals surface area contributed by atoms with Gasteiger partial charge in [-0.25, -0.2) is 9.97 Å². The van der Waals surface area contributed by atoms with Gasteiger partial charge in [-0.2, -0.15) is 0 Å². The molecule has 3 heterocycles. The number of hydrogen-bond acceptors (Lipinski definition) is 6. The quantitative estimate of drug-likeness (QED) is 0.879. The molecule has 2 aliphatic heterocycles. The first-order valence-electron chi connectivity index (χ1n) is 10.1. The maximum absolute atomic E-state index is 12.5. The summed E-state index contributed by atoms with van der Waals surface area (Å²) in [5, 5.41) is 2.94. The SMILES string of the molecule is CN1CCN(c2ncc(C(=O)Nc3ccc(N4CCCCC4)cc3)cn2)CC1. The molecule has 0 bridgehead atoms. The van der Waals surface area contributed by atoms with Crippen LogP contribution >= 0.6 is 0 Å². The molecule has 1 amide bonds. The zero-order chi connectivity index (χ0) is 19.3. The molecular weight excluding hydrogens is 352 g/mol. The normalized spacial score (nSPS) is 18.2. The fourth-order valence-corrected chi connectivity index (χ4v) is 3.72. The number of rotatable bonds is 4. The number of nitrogens with zero attached hydrogens (tertiary/aromatic N) is 5. The monoisotopic (exact) mass is 380 g/mol. The molecule has 0 unspecified atom stereocenters. The van der Waals surface area contributed by atoms with Gasteiger partial charge in [-0.15, -0.1) is 0 Å². The zero-order valence-electron chi connectivity index (χ0n) is 16.5. The number of nitrogens with one attached hydrogen (secondary N) is 1. The molecule has 7 heteroatoms. The lowest BCUT2D eigenvalue weighted by Crippen LogP contribution is -2.45. The van der Waals surface area contributed by atoms with E-state index in [1.165, 1.54) is 24.9 Å². The maximum atomic E-state index is 12.5. The van der Waals surface area contributed by atoms with E-state index in [1.54, 1.807) is 12.4 Å². The van der Waals surface area contributed by atoms with Crippen molar-refractivity contribution in [1.29, 1.82) is 0 Å². The van der Waals surface area contributed by atoms with E-state index in [2.05, 4.69) is 49.2 Å². The Balaban J connectivity index is 1.35. The second-order valence-corrected chi connectivity index (χ2v) is 7.61. The van der Waals surface area contributed by atoms with Crippen LogP contribution in [-0.2, 0) is 0 Å². The summed E-state index contributed by atoms with van der Waals surface area (Å²) < 4.78 is 0. The van der Waals surface area contributed by atoms with E-state index in [0.29, 0.717) is 11.5 Å². The average Bonchev–Trinajstić information content (AvgIpc) is 2.75. The summed E-state index contributed by atoms with van der Waals surface area (Å²) >= 11 is 0. The highest BCUT2D eigenvalue weighted by Crippen LogP contribution is 2.22. The Morgan fingerprint density at radius 1 is 0.857 bits per heavy atom. The van der Waals surface area contributed by atoms with E-state index in [4.69, 9.17) is 0 Å². The van der Waals surface area contributed by atoms with Crippen LogP contribution < -0.4 is 15.1 Å². The summed E-state index contributed by atoms with van der Waals surface area (Å²) in [6.45, 7) is 6.04. The van der Waals surface area contributed by atoms with Crippen molar-refractivity contribution in [1.82, 2.24) is 14.9 Å². The van der Waals surface area contributed by atoms with Crippen LogP contribution in [0.5, 0.6) is 0 Å². The van der Waals surface area contributed by atoms with Crippen molar-refractivity contribution in [2.24, 2.45) is 0 Å². The van der Waals surface area contributed by atoms with E-state index < -0.39 is 0 Å². The molecule has 2 aromatic rings. The lowest BCUT2D eigenvalue weighted by molar-refractivity contribution is 0.102. The highest BCUT2D eigenvalue weighted by atomic mass is 16.1. The predicted molar refractivity (Wildman–Crippen MR) is 112 cm³/mol. The van der Waals surface area contributed by atoms with Crippen molar-refractivity contribution < 1.29 is 4.79 Å². The standard InChI is InChI=1S/C21H28N6O/c1-25-11-13-27(14-12-25)21-22-15-17(16-23-21)20(28)24-18-5-7-19(8-6-18)26-9-3-2-4-10-26/h5-8,15-16H,2-4,9-14H2,1H3,(H,24,28). The van der Waals surface area contributed by atoms with E-state index in [1.807, 2.05) is 12.1 Å². The minimum absolute atomic E-state index is 0.185. The molecule has 0 atom stereocenters. The largest absolute Gasteiger partial charge is 0.372 e. The third-order valence-corrected chi connectivity index (χ3v) is 5.53. The lowest BCUT2D eigenvalue weighted by Gasteiger charge is -2.32. The number of piperazine rings is 1. The van der Waals surface area contributed by atoms with Crippen LogP contribution in [0.25, 0.3) is 0 Å². The molecule has 1 N–H and O–H groups in total. The van der Waals surface area contributed by atoms with Crippen molar-refractivity contribution in [3.63, 3.8) is 0 Å². The van der Waals surface area contributed by atoms with Gasteiger partial charge in [-0.05, 0) is 50.6 Å². The molecule has 1 aromatic heterocycles. The van der Waals surface area contributed by atoms with Crippen molar-refractivity contribution in [2.75, 3.05) is 61.4 Å². The summed E-state index contributed by atoms with van der Waals surface area (Å²) in [4.78, 5) is 28.1. The Hall–Kier alpha value is -2.67. The summed E-state index contributed by atoms with van der Waals surface area (Å²) in [6, 6.07) is 8.07. The zero-order valence-corrected chi connectivity index (χ0v) is 16.5. The van der Waals surface area contributed by atoms with Gasteiger partial charge in [0.15, 0.2) is 0 Å². The molecule has 0 radical (unpaired) electrons. The molecule has 2 saturated heterocycles. The molecule has 1 aromatic carbocycles. The molecule has 148 valence electrons. The Bertz CT molecular complexity index is 778. The molecule has 7 nitrogen and oxygen atoms in total. The summed E-state index contributed by atoms with van der Waals surface area (Å²) in [5.74, 6) is 0.506. The molecular formula is C21H28N6O. The topological polar surface area (TPSA) is 64.6 Å². The Morgan fingerprint density at radius 3 is 2.14 bits per heavy atom. The van der Waals surface area contributed by atoms with Crippen molar-refractivity contribution >= 4 is 23.2 Å². The molecule has 28 heavy (non-hydrogen) atoms. The van der Waals surface area contributed by atoms with Crippen molar-refractivity contribution in [2.45, 2.75) is 19.3 Å². The first kappa shape index (κ1) is 18.7. The predicted octanol–water partition coefficient (Wildman–Crippen LogP) is 2.47. The fourth-order valence-electron chi connectivity index (χ4n) is 3.72. The minimum Gasteiger partial charge on any atom is -0.372 e. The van der Waals surface area contributed by atoms with Gasteiger partial charge in [0.1, 0.15) is 0 Å². The molecule has 0 spiro atoms. The van der Waals surface area contributed by atoms with Crippen LogP contribution in [0.4, 0.5) is 17.3 Å². The number of hydrogen-bond donors (Lipinski definition) is 1. The van der Waals surface area contributed by atoms with Gasteiger partial charge in [0.25, 0.3) is 5.91 Å². The first-order valence-corrected chi connectivity index (χ1v) is 10.1. The van der Waals surface area contributed by atoms with Crippen LogP contribution in [0, 0.1) is 0 Å². The number of anilines is 3. The van der Waals surface area contributed by atoms with Crippen molar-refractivity contribution in [3.8, 4) is 0 Å². The first-order chi connectivity index (χ1) is 13.7. The second kappa shape index (κ2) is 8.56. The Kier molecular flexibility index (Phi) is 5.71. The van der Waals surface area contributed by atoms with Crippen molar-refractivity contribution in [3.05, 3.63) is 42.2 Å². The highest BCUT2D eigenvalue weighted by molar-refractivity contribution is 6.03. The molecule has 4 rings (SSSR count). The van der Waals surface area contributed by atoms with Gasteiger partial charge in [-0.1, -0.05) is 0 Å². The van der Waals surface area contributed by atoms with E-state index in [-0.39, 0.29) is 5.91 Å². The van der Waals surface area contributed by atoms with E-state index in [9.17, 15) is 4.79 Å². The van der Waals surface area contributed by atoms with Crippen LogP contribution in [0.2, 0.25) is 0 Å². The third kappa shape index (κ3) is 4.42. The van der Waals surface area contributed by atoms with Crippen LogP contribution in [0.15, 0.2) is 36.7 Å². The summed E-state index contributed by atoms with van der Waals surface area (Å²) in [7, 11) is 2.12. The third-order valence-electron chi connectivity index (χ3n) is 5.53. The Morgan fingerprint density at radius 2 is 1.50 bits per heavy atom. The number of likely N-dealkylation sites (N-methyl/N-ethyl adjacent to an activating group) is 1. The summed E-state index contributed by atoms with van der Waals surface area (Å²) in [6.07, 6.45) is 7.04.